The van der Waals surface area contributed by atoms with E-state index in [1.165, 1.54) is 7.11 Å². The van der Waals surface area contributed by atoms with Crippen LogP contribution in [0.15, 0.2) is 6.07 Å². The fraction of sp³-hybridized carbons (Fsp3) is 0.455. The molecular formula is C11H13ClFNO2. The van der Waals surface area contributed by atoms with Crippen molar-refractivity contribution >= 4 is 11.6 Å². The van der Waals surface area contributed by atoms with Crippen molar-refractivity contribution < 1.29 is 14.2 Å². The van der Waals surface area contributed by atoms with Crippen molar-refractivity contribution in [3.63, 3.8) is 0 Å². The van der Waals surface area contributed by atoms with E-state index in [2.05, 4.69) is 5.32 Å². The standard InChI is InChI=1S/C11H13ClFNO2/c1-16-11-7(12)5-6(10(15)9(11)13)8-3-2-4-14-8/h5,8,14-15H,2-4H2,1H3. The van der Waals surface area contributed by atoms with Gasteiger partial charge in [0.25, 0.3) is 0 Å². The Bertz CT molecular complexity index is 405. The van der Waals surface area contributed by atoms with Crippen LogP contribution in [-0.4, -0.2) is 18.8 Å². The summed E-state index contributed by atoms with van der Waals surface area (Å²) in [6, 6.07) is 1.53. The van der Waals surface area contributed by atoms with Crippen molar-refractivity contribution in [2.75, 3.05) is 13.7 Å². The number of phenols is 1. The summed E-state index contributed by atoms with van der Waals surface area (Å²) in [6.45, 7) is 0.870. The van der Waals surface area contributed by atoms with Gasteiger partial charge in [0.2, 0.25) is 5.82 Å². The molecule has 0 amide bonds. The van der Waals surface area contributed by atoms with Crippen LogP contribution in [-0.2, 0) is 0 Å². The maximum absolute atomic E-state index is 13.7. The number of hydrogen-bond donors (Lipinski definition) is 2. The van der Waals surface area contributed by atoms with Crippen LogP contribution in [0.5, 0.6) is 11.5 Å². The van der Waals surface area contributed by atoms with Gasteiger partial charge < -0.3 is 15.2 Å². The molecule has 3 nitrogen and oxygen atoms in total. The zero-order chi connectivity index (χ0) is 11.7. The Morgan fingerprint density at radius 2 is 2.38 bits per heavy atom. The van der Waals surface area contributed by atoms with E-state index >= 15 is 0 Å². The summed E-state index contributed by atoms with van der Waals surface area (Å²) in [6.07, 6.45) is 1.88. The third-order valence-corrected chi connectivity index (χ3v) is 3.10. The second-order valence-electron chi connectivity index (χ2n) is 3.79. The number of hydrogen-bond acceptors (Lipinski definition) is 3. The lowest BCUT2D eigenvalue weighted by atomic mass is 10.0. The molecule has 88 valence electrons. The number of aromatic hydroxyl groups is 1. The van der Waals surface area contributed by atoms with Gasteiger partial charge in [0.1, 0.15) is 0 Å². The molecule has 1 saturated heterocycles. The smallest absolute Gasteiger partial charge is 0.208 e. The van der Waals surface area contributed by atoms with E-state index < -0.39 is 5.82 Å². The highest BCUT2D eigenvalue weighted by atomic mass is 35.5. The monoisotopic (exact) mass is 245 g/mol. The minimum absolute atomic E-state index is 0.0297. The summed E-state index contributed by atoms with van der Waals surface area (Å²) >= 11 is 5.88. The van der Waals surface area contributed by atoms with Crippen molar-refractivity contribution in [1.29, 1.82) is 0 Å². The highest BCUT2D eigenvalue weighted by molar-refractivity contribution is 6.32. The van der Waals surface area contributed by atoms with E-state index in [1.807, 2.05) is 0 Å². The zero-order valence-corrected chi connectivity index (χ0v) is 9.64. The molecule has 0 radical (unpaired) electrons. The summed E-state index contributed by atoms with van der Waals surface area (Å²) < 4.78 is 18.5. The topological polar surface area (TPSA) is 41.5 Å². The molecule has 16 heavy (non-hydrogen) atoms. The van der Waals surface area contributed by atoms with E-state index in [0.717, 1.165) is 19.4 Å². The zero-order valence-electron chi connectivity index (χ0n) is 8.89. The number of ether oxygens (including phenoxy) is 1. The van der Waals surface area contributed by atoms with Gasteiger partial charge >= 0.3 is 0 Å². The average molecular weight is 246 g/mol. The molecule has 2 N–H and O–H groups in total. The number of rotatable bonds is 2. The molecule has 1 aliphatic heterocycles. The van der Waals surface area contributed by atoms with Crippen LogP contribution in [0, 0.1) is 5.82 Å². The molecule has 2 rings (SSSR count). The summed E-state index contributed by atoms with van der Waals surface area (Å²) in [4.78, 5) is 0. The fourth-order valence-corrected chi connectivity index (χ4v) is 2.29. The Labute approximate surface area is 98.2 Å². The first-order valence-corrected chi connectivity index (χ1v) is 5.51. The van der Waals surface area contributed by atoms with E-state index in [4.69, 9.17) is 16.3 Å². The number of halogens is 2. The molecule has 1 fully saturated rings. The largest absolute Gasteiger partial charge is 0.504 e. The first kappa shape index (κ1) is 11.5. The quantitative estimate of drug-likeness (QED) is 0.842. The molecule has 0 aromatic heterocycles. The van der Waals surface area contributed by atoms with Crippen LogP contribution in [0.4, 0.5) is 4.39 Å². The SMILES string of the molecule is COc1c(Cl)cc(C2CCCN2)c(O)c1F. The van der Waals surface area contributed by atoms with Gasteiger partial charge in [-0.25, -0.2) is 0 Å². The number of methoxy groups -OCH3 is 1. The molecule has 0 aliphatic carbocycles. The van der Waals surface area contributed by atoms with Crippen LogP contribution in [0.3, 0.4) is 0 Å². The van der Waals surface area contributed by atoms with Crippen LogP contribution in [0.1, 0.15) is 24.4 Å². The number of phenolic OH excluding ortho intramolecular Hbond substituents is 1. The molecule has 0 spiro atoms. The predicted octanol–water partition coefficient (Wildman–Crippen LogP) is 2.62. The van der Waals surface area contributed by atoms with E-state index in [9.17, 15) is 9.50 Å². The second-order valence-corrected chi connectivity index (χ2v) is 4.20. The highest BCUT2D eigenvalue weighted by Gasteiger charge is 2.25. The molecule has 1 heterocycles. The third-order valence-electron chi connectivity index (χ3n) is 2.82. The Hall–Kier alpha value is -1.00. The van der Waals surface area contributed by atoms with Gasteiger partial charge in [-0.3, -0.25) is 0 Å². The van der Waals surface area contributed by atoms with E-state index in [-0.39, 0.29) is 22.6 Å². The van der Waals surface area contributed by atoms with Crippen molar-refractivity contribution in [3.8, 4) is 11.5 Å². The Morgan fingerprint density at radius 3 is 2.94 bits per heavy atom. The maximum atomic E-state index is 13.7. The molecule has 1 aromatic rings. The van der Waals surface area contributed by atoms with Gasteiger partial charge in [0.05, 0.1) is 12.1 Å². The van der Waals surface area contributed by atoms with Gasteiger partial charge in [-0.2, -0.15) is 4.39 Å². The third kappa shape index (κ3) is 1.83. The van der Waals surface area contributed by atoms with Crippen molar-refractivity contribution in [2.24, 2.45) is 0 Å². The molecule has 1 aromatic carbocycles. The van der Waals surface area contributed by atoms with Crippen molar-refractivity contribution in [1.82, 2.24) is 5.32 Å². The lowest BCUT2D eigenvalue weighted by Crippen LogP contribution is -2.13. The Morgan fingerprint density at radius 1 is 1.62 bits per heavy atom. The normalized spacial score (nSPS) is 20.1. The number of nitrogens with one attached hydrogen (secondary N) is 1. The summed E-state index contributed by atoms with van der Waals surface area (Å²) in [5.41, 5.74) is 0.501. The van der Waals surface area contributed by atoms with Crippen LogP contribution in [0.2, 0.25) is 5.02 Å². The Balaban J connectivity index is 2.46. The fourth-order valence-electron chi connectivity index (χ4n) is 2.01. The first-order chi connectivity index (χ1) is 7.65. The molecule has 1 atom stereocenters. The van der Waals surface area contributed by atoms with E-state index in [0.29, 0.717) is 5.56 Å². The van der Waals surface area contributed by atoms with Crippen LogP contribution in [0.25, 0.3) is 0 Å². The lowest BCUT2D eigenvalue weighted by molar-refractivity contribution is 0.359. The van der Waals surface area contributed by atoms with Gasteiger partial charge in [-0.05, 0) is 25.5 Å². The minimum Gasteiger partial charge on any atom is -0.504 e. The van der Waals surface area contributed by atoms with Crippen molar-refractivity contribution in [2.45, 2.75) is 18.9 Å². The first-order valence-electron chi connectivity index (χ1n) is 5.13. The minimum atomic E-state index is -0.793. The summed E-state index contributed by atoms with van der Waals surface area (Å²) in [5, 5.41) is 13.1. The highest BCUT2D eigenvalue weighted by Crippen LogP contribution is 2.40. The molecule has 1 aliphatic rings. The summed E-state index contributed by atoms with van der Waals surface area (Å²) in [5.74, 6) is -1.28. The van der Waals surface area contributed by atoms with E-state index in [1.54, 1.807) is 6.07 Å². The average Bonchev–Trinajstić information content (AvgIpc) is 2.77. The molecule has 0 saturated carbocycles. The molecule has 1 unspecified atom stereocenters. The maximum Gasteiger partial charge on any atom is 0.208 e. The second kappa shape index (κ2) is 4.47. The summed E-state index contributed by atoms with van der Waals surface area (Å²) in [7, 11) is 1.32. The van der Waals surface area contributed by atoms with Crippen LogP contribution < -0.4 is 10.1 Å². The Kier molecular flexibility index (Phi) is 3.21. The molecular weight excluding hydrogens is 233 g/mol. The van der Waals surface area contributed by atoms with Gasteiger partial charge in [0, 0.05) is 11.6 Å². The van der Waals surface area contributed by atoms with Gasteiger partial charge in [-0.1, -0.05) is 11.6 Å². The molecule has 5 heteroatoms. The van der Waals surface area contributed by atoms with Crippen LogP contribution >= 0.6 is 11.6 Å². The number of benzene rings is 1. The molecule has 0 bridgehead atoms. The van der Waals surface area contributed by atoms with Crippen molar-refractivity contribution in [3.05, 3.63) is 22.5 Å². The van der Waals surface area contributed by atoms with Gasteiger partial charge in [-0.15, -0.1) is 0 Å². The van der Waals surface area contributed by atoms with Gasteiger partial charge in [0.15, 0.2) is 11.5 Å². The lowest BCUT2D eigenvalue weighted by Gasteiger charge is -2.15. The predicted molar refractivity (Wildman–Crippen MR) is 59.6 cm³/mol.